The van der Waals surface area contributed by atoms with Gasteiger partial charge in [-0.25, -0.2) is 0 Å². The zero-order valence-electron chi connectivity index (χ0n) is 10.8. The van der Waals surface area contributed by atoms with Gasteiger partial charge in [0.15, 0.2) is 0 Å². The molecule has 0 radical (unpaired) electrons. The van der Waals surface area contributed by atoms with E-state index in [1.165, 1.54) is 0 Å². The first-order valence-corrected chi connectivity index (χ1v) is 6.09. The highest BCUT2D eigenvalue weighted by molar-refractivity contribution is 5.55. The summed E-state index contributed by atoms with van der Waals surface area (Å²) in [5.74, 6) is 1.40. The second-order valence-electron chi connectivity index (χ2n) is 4.71. The van der Waals surface area contributed by atoms with Crippen molar-refractivity contribution in [2.75, 3.05) is 32.5 Å². The SMILES string of the molecule is COc1cc(OC2CN(C[C@@H](C)O)C2)ccc1N. The number of benzene rings is 1. The van der Waals surface area contributed by atoms with Crippen molar-refractivity contribution in [2.24, 2.45) is 0 Å². The summed E-state index contributed by atoms with van der Waals surface area (Å²) < 4.78 is 10.9. The molecule has 0 aromatic heterocycles. The van der Waals surface area contributed by atoms with Crippen LogP contribution in [0.2, 0.25) is 0 Å². The van der Waals surface area contributed by atoms with E-state index in [2.05, 4.69) is 4.90 Å². The number of nitrogens with two attached hydrogens (primary N) is 1. The van der Waals surface area contributed by atoms with Crippen LogP contribution < -0.4 is 15.2 Å². The van der Waals surface area contributed by atoms with Crippen LogP contribution in [0.4, 0.5) is 5.69 Å². The number of likely N-dealkylation sites (tertiary alicyclic amines) is 1. The summed E-state index contributed by atoms with van der Waals surface area (Å²) in [7, 11) is 1.59. The summed E-state index contributed by atoms with van der Waals surface area (Å²) in [6.45, 7) is 4.18. The van der Waals surface area contributed by atoms with Crippen LogP contribution in [0.3, 0.4) is 0 Å². The van der Waals surface area contributed by atoms with Crippen LogP contribution in [-0.2, 0) is 0 Å². The third-order valence-electron chi connectivity index (χ3n) is 2.95. The number of aliphatic hydroxyl groups is 1. The topological polar surface area (TPSA) is 68.0 Å². The van der Waals surface area contributed by atoms with Gasteiger partial charge in [0.05, 0.1) is 18.9 Å². The van der Waals surface area contributed by atoms with Crippen molar-refractivity contribution < 1.29 is 14.6 Å². The number of nitrogen functional groups attached to an aromatic ring is 1. The maximum atomic E-state index is 9.25. The lowest BCUT2D eigenvalue weighted by atomic mass is 10.1. The van der Waals surface area contributed by atoms with Crippen LogP contribution in [0.25, 0.3) is 0 Å². The lowest BCUT2D eigenvalue weighted by molar-refractivity contribution is -0.00436. The number of methoxy groups -OCH3 is 1. The van der Waals surface area contributed by atoms with E-state index in [0.717, 1.165) is 18.8 Å². The number of nitrogens with zero attached hydrogens (tertiary/aromatic N) is 1. The van der Waals surface area contributed by atoms with Gasteiger partial charge in [-0.1, -0.05) is 0 Å². The van der Waals surface area contributed by atoms with Crippen LogP contribution in [0.5, 0.6) is 11.5 Å². The Morgan fingerprint density at radius 1 is 1.50 bits per heavy atom. The van der Waals surface area contributed by atoms with Crippen LogP contribution in [0.15, 0.2) is 18.2 Å². The van der Waals surface area contributed by atoms with Crippen LogP contribution in [0, 0.1) is 0 Å². The minimum absolute atomic E-state index is 0.178. The van der Waals surface area contributed by atoms with E-state index in [-0.39, 0.29) is 12.2 Å². The molecule has 1 atom stereocenters. The van der Waals surface area contributed by atoms with Gasteiger partial charge in [-0.3, -0.25) is 4.90 Å². The highest BCUT2D eigenvalue weighted by Gasteiger charge is 2.28. The molecule has 2 rings (SSSR count). The van der Waals surface area contributed by atoms with Gasteiger partial charge in [-0.05, 0) is 19.1 Å². The molecule has 5 heteroatoms. The Balaban J connectivity index is 1.85. The van der Waals surface area contributed by atoms with E-state index in [0.29, 0.717) is 18.0 Å². The number of aliphatic hydroxyl groups excluding tert-OH is 1. The number of anilines is 1. The van der Waals surface area contributed by atoms with E-state index in [1.807, 2.05) is 6.07 Å². The Labute approximate surface area is 107 Å². The van der Waals surface area contributed by atoms with Crippen molar-refractivity contribution in [1.82, 2.24) is 4.90 Å². The number of hydrogen-bond acceptors (Lipinski definition) is 5. The van der Waals surface area contributed by atoms with Crippen LogP contribution >= 0.6 is 0 Å². The molecule has 0 spiro atoms. The molecule has 1 aromatic carbocycles. The minimum Gasteiger partial charge on any atom is -0.494 e. The van der Waals surface area contributed by atoms with Crippen molar-refractivity contribution in [3.05, 3.63) is 18.2 Å². The fraction of sp³-hybridized carbons (Fsp3) is 0.538. The smallest absolute Gasteiger partial charge is 0.145 e. The van der Waals surface area contributed by atoms with Gasteiger partial charge < -0.3 is 20.3 Å². The van der Waals surface area contributed by atoms with Crippen LogP contribution in [0.1, 0.15) is 6.92 Å². The minimum atomic E-state index is -0.289. The molecule has 1 heterocycles. The predicted octanol–water partition coefficient (Wildman–Crippen LogP) is 0.721. The maximum absolute atomic E-state index is 9.25. The Hall–Kier alpha value is -1.46. The number of rotatable bonds is 5. The first kappa shape index (κ1) is 13.0. The zero-order valence-corrected chi connectivity index (χ0v) is 10.8. The third kappa shape index (κ3) is 3.05. The van der Waals surface area contributed by atoms with Gasteiger partial charge in [-0.15, -0.1) is 0 Å². The summed E-state index contributed by atoms with van der Waals surface area (Å²) in [6.07, 6.45) is -0.111. The van der Waals surface area contributed by atoms with Gasteiger partial charge >= 0.3 is 0 Å². The lowest BCUT2D eigenvalue weighted by Gasteiger charge is -2.39. The molecule has 3 N–H and O–H groups in total. The maximum Gasteiger partial charge on any atom is 0.145 e. The van der Waals surface area contributed by atoms with Crippen LogP contribution in [-0.4, -0.2) is 49.0 Å². The molecule has 0 unspecified atom stereocenters. The molecule has 0 aliphatic carbocycles. The van der Waals surface area contributed by atoms with Crippen molar-refractivity contribution in [3.8, 4) is 11.5 Å². The van der Waals surface area contributed by atoms with E-state index >= 15 is 0 Å². The average Bonchev–Trinajstić information content (AvgIpc) is 2.28. The molecule has 1 saturated heterocycles. The Kier molecular flexibility index (Phi) is 3.93. The number of ether oxygens (including phenoxy) is 2. The largest absolute Gasteiger partial charge is 0.494 e. The lowest BCUT2D eigenvalue weighted by Crippen LogP contribution is -2.55. The van der Waals surface area contributed by atoms with E-state index < -0.39 is 0 Å². The molecular weight excluding hydrogens is 232 g/mol. The van der Waals surface area contributed by atoms with Gasteiger partial charge in [-0.2, -0.15) is 0 Å². The second kappa shape index (κ2) is 5.46. The number of β-amino-alcohol motifs (C(OH)–C–C–N with tert-alkyl or cyclic N) is 1. The average molecular weight is 252 g/mol. The molecule has 0 saturated carbocycles. The van der Waals surface area contributed by atoms with Crippen molar-refractivity contribution in [2.45, 2.75) is 19.1 Å². The standard InChI is InChI=1S/C13H20N2O3/c1-9(16)6-15-7-11(8-15)18-10-3-4-12(14)13(5-10)17-2/h3-5,9,11,16H,6-8,14H2,1-2H3/t9-/m1/s1. The first-order chi connectivity index (χ1) is 8.58. The van der Waals surface area contributed by atoms with Gasteiger partial charge in [0.25, 0.3) is 0 Å². The summed E-state index contributed by atoms with van der Waals surface area (Å²) >= 11 is 0. The fourth-order valence-electron chi connectivity index (χ4n) is 2.08. The Morgan fingerprint density at radius 3 is 2.83 bits per heavy atom. The summed E-state index contributed by atoms with van der Waals surface area (Å²) in [5.41, 5.74) is 6.34. The summed E-state index contributed by atoms with van der Waals surface area (Å²) in [4.78, 5) is 2.16. The molecule has 0 bridgehead atoms. The van der Waals surface area contributed by atoms with Gasteiger partial charge in [0.2, 0.25) is 0 Å². The Morgan fingerprint density at radius 2 is 2.22 bits per heavy atom. The fourth-order valence-corrected chi connectivity index (χ4v) is 2.08. The quantitative estimate of drug-likeness (QED) is 0.756. The molecule has 100 valence electrons. The molecule has 1 aliphatic heterocycles. The molecule has 1 aliphatic rings. The Bertz CT molecular complexity index is 403. The molecule has 1 aromatic rings. The first-order valence-electron chi connectivity index (χ1n) is 6.09. The normalized spacial score (nSPS) is 18.2. The molecular formula is C13H20N2O3. The molecule has 1 fully saturated rings. The second-order valence-corrected chi connectivity index (χ2v) is 4.71. The van der Waals surface area contributed by atoms with Crippen molar-refractivity contribution >= 4 is 5.69 Å². The zero-order chi connectivity index (χ0) is 13.1. The summed E-state index contributed by atoms with van der Waals surface area (Å²) in [6, 6.07) is 5.42. The highest BCUT2D eigenvalue weighted by atomic mass is 16.5. The summed E-state index contributed by atoms with van der Waals surface area (Å²) in [5, 5.41) is 9.25. The van der Waals surface area contributed by atoms with Gasteiger partial charge in [0.1, 0.15) is 17.6 Å². The van der Waals surface area contributed by atoms with E-state index in [4.69, 9.17) is 15.2 Å². The van der Waals surface area contributed by atoms with Crippen molar-refractivity contribution in [1.29, 1.82) is 0 Å². The third-order valence-corrected chi connectivity index (χ3v) is 2.95. The van der Waals surface area contributed by atoms with Crippen molar-refractivity contribution in [3.63, 3.8) is 0 Å². The number of hydrogen-bond donors (Lipinski definition) is 2. The monoisotopic (exact) mass is 252 g/mol. The van der Waals surface area contributed by atoms with Gasteiger partial charge in [0, 0.05) is 25.7 Å². The molecule has 18 heavy (non-hydrogen) atoms. The van der Waals surface area contributed by atoms with E-state index in [1.54, 1.807) is 26.2 Å². The molecule has 5 nitrogen and oxygen atoms in total. The predicted molar refractivity (Wildman–Crippen MR) is 69.9 cm³/mol. The van der Waals surface area contributed by atoms with E-state index in [9.17, 15) is 5.11 Å². The molecule has 0 amide bonds. The highest BCUT2D eigenvalue weighted by Crippen LogP contribution is 2.28.